The SMILES string of the molecule is O=C1COc2ccc[c]c2N1. The molecule has 1 aliphatic heterocycles. The number of ether oxygens (including phenoxy) is 1. The molecule has 0 saturated carbocycles. The fourth-order valence-corrected chi connectivity index (χ4v) is 0.958. The van der Waals surface area contributed by atoms with Crippen LogP contribution in [-0.2, 0) is 4.79 Å². The van der Waals surface area contributed by atoms with Gasteiger partial charge in [-0.2, -0.15) is 0 Å². The van der Waals surface area contributed by atoms with E-state index in [1.54, 1.807) is 12.1 Å². The van der Waals surface area contributed by atoms with Gasteiger partial charge >= 0.3 is 0 Å². The van der Waals surface area contributed by atoms with Crippen molar-refractivity contribution in [2.24, 2.45) is 0 Å². The predicted octanol–water partition coefficient (Wildman–Crippen LogP) is 0.818. The van der Waals surface area contributed by atoms with Gasteiger partial charge in [-0.3, -0.25) is 4.79 Å². The van der Waals surface area contributed by atoms with Crippen LogP contribution in [0.4, 0.5) is 5.69 Å². The molecule has 0 aliphatic carbocycles. The number of amides is 1. The van der Waals surface area contributed by atoms with Gasteiger partial charge in [0.2, 0.25) is 0 Å². The molecule has 1 aromatic carbocycles. The van der Waals surface area contributed by atoms with Crippen LogP contribution in [-0.4, -0.2) is 12.5 Å². The van der Waals surface area contributed by atoms with Crippen LogP contribution in [0, 0.1) is 6.07 Å². The van der Waals surface area contributed by atoms with Crippen molar-refractivity contribution in [3.8, 4) is 5.75 Å². The summed E-state index contributed by atoms with van der Waals surface area (Å²) in [6.45, 7) is 0.102. The highest BCUT2D eigenvalue weighted by Crippen LogP contribution is 2.25. The van der Waals surface area contributed by atoms with Gasteiger partial charge in [0.25, 0.3) is 5.91 Å². The topological polar surface area (TPSA) is 38.3 Å². The molecule has 1 aromatic rings. The number of carbonyl (C=O) groups excluding carboxylic acids is 1. The molecule has 1 amide bonds. The van der Waals surface area contributed by atoms with Crippen LogP contribution in [0.5, 0.6) is 5.75 Å². The molecular formula is C8H6NO2. The van der Waals surface area contributed by atoms with E-state index in [1.807, 2.05) is 6.07 Å². The van der Waals surface area contributed by atoms with Crippen molar-refractivity contribution >= 4 is 11.6 Å². The van der Waals surface area contributed by atoms with Crippen LogP contribution < -0.4 is 10.1 Å². The molecule has 0 atom stereocenters. The summed E-state index contributed by atoms with van der Waals surface area (Å²) in [6, 6.07) is 8.20. The molecule has 3 heteroatoms. The third-order valence-electron chi connectivity index (χ3n) is 1.44. The number of carbonyl (C=O) groups is 1. The summed E-state index contributed by atoms with van der Waals surface area (Å²) in [6.07, 6.45) is 0. The zero-order valence-corrected chi connectivity index (χ0v) is 5.76. The Kier molecular flexibility index (Phi) is 1.28. The largest absolute Gasteiger partial charge is 0.482 e. The van der Waals surface area contributed by atoms with Crippen LogP contribution in [0.1, 0.15) is 0 Å². The van der Waals surface area contributed by atoms with E-state index in [-0.39, 0.29) is 12.5 Å². The van der Waals surface area contributed by atoms with E-state index in [9.17, 15) is 4.79 Å². The molecule has 3 nitrogen and oxygen atoms in total. The van der Waals surface area contributed by atoms with E-state index < -0.39 is 0 Å². The summed E-state index contributed by atoms with van der Waals surface area (Å²) in [7, 11) is 0. The molecule has 1 N–H and O–H groups in total. The number of fused-ring (bicyclic) bond motifs is 1. The van der Waals surface area contributed by atoms with Crippen LogP contribution in [0.3, 0.4) is 0 Å². The summed E-state index contributed by atoms with van der Waals surface area (Å²) in [4.78, 5) is 10.8. The molecule has 11 heavy (non-hydrogen) atoms. The Labute approximate surface area is 64.0 Å². The van der Waals surface area contributed by atoms with Crippen molar-refractivity contribution in [1.29, 1.82) is 0 Å². The van der Waals surface area contributed by atoms with Gasteiger partial charge in [0.1, 0.15) is 5.75 Å². The molecule has 0 fully saturated rings. The minimum atomic E-state index is -0.125. The Bertz CT molecular complexity index is 296. The van der Waals surface area contributed by atoms with Crippen LogP contribution in [0.15, 0.2) is 18.2 Å². The van der Waals surface area contributed by atoms with Crippen LogP contribution in [0.2, 0.25) is 0 Å². The second-order valence-corrected chi connectivity index (χ2v) is 2.25. The number of rotatable bonds is 0. The van der Waals surface area contributed by atoms with Gasteiger partial charge in [-0.1, -0.05) is 12.1 Å². The Morgan fingerprint density at radius 2 is 2.55 bits per heavy atom. The number of hydrogen-bond acceptors (Lipinski definition) is 2. The number of hydrogen-bond donors (Lipinski definition) is 1. The molecule has 0 spiro atoms. The fraction of sp³-hybridized carbons (Fsp3) is 0.125. The minimum Gasteiger partial charge on any atom is -0.482 e. The van der Waals surface area contributed by atoms with Crippen molar-refractivity contribution in [2.75, 3.05) is 11.9 Å². The molecule has 0 aromatic heterocycles. The molecule has 2 rings (SSSR count). The van der Waals surface area contributed by atoms with Gasteiger partial charge in [0.15, 0.2) is 6.61 Å². The Hall–Kier alpha value is -1.51. The van der Waals surface area contributed by atoms with E-state index in [4.69, 9.17) is 4.74 Å². The average molecular weight is 148 g/mol. The van der Waals surface area contributed by atoms with Crippen molar-refractivity contribution in [1.82, 2.24) is 0 Å². The molecule has 55 valence electrons. The first-order chi connectivity index (χ1) is 5.36. The second-order valence-electron chi connectivity index (χ2n) is 2.25. The van der Waals surface area contributed by atoms with E-state index >= 15 is 0 Å². The van der Waals surface area contributed by atoms with Gasteiger partial charge in [-0.05, 0) is 6.07 Å². The van der Waals surface area contributed by atoms with Gasteiger partial charge in [0.05, 0.1) is 5.69 Å². The summed E-state index contributed by atoms with van der Waals surface area (Å²) in [5.41, 5.74) is 0.628. The zero-order valence-electron chi connectivity index (χ0n) is 5.76. The number of nitrogens with one attached hydrogen (secondary N) is 1. The maximum atomic E-state index is 10.8. The van der Waals surface area contributed by atoms with E-state index in [0.29, 0.717) is 11.4 Å². The molecule has 1 heterocycles. The first kappa shape index (κ1) is 6.22. The smallest absolute Gasteiger partial charge is 0.262 e. The first-order valence-corrected chi connectivity index (χ1v) is 3.29. The normalized spacial score (nSPS) is 14.7. The monoisotopic (exact) mass is 148 g/mol. The Morgan fingerprint density at radius 1 is 1.64 bits per heavy atom. The Balaban J connectivity index is 2.41. The summed E-state index contributed by atoms with van der Waals surface area (Å²) < 4.78 is 5.09. The quantitative estimate of drug-likeness (QED) is 0.591. The molecular weight excluding hydrogens is 142 g/mol. The van der Waals surface area contributed by atoms with Gasteiger partial charge in [0, 0.05) is 6.07 Å². The molecule has 1 radical (unpaired) electrons. The van der Waals surface area contributed by atoms with E-state index in [0.717, 1.165) is 0 Å². The molecule has 0 saturated heterocycles. The highest BCUT2D eigenvalue weighted by atomic mass is 16.5. The summed E-state index contributed by atoms with van der Waals surface area (Å²) in [5, 5.41) is 2.64. The number of anilines is 1. The molecule has 0 unspecified atom stereocenters. The van der Waals surface area contributed by atoms with Crippen molar-refractivity contribution in [2.45, 2.75) is 0 Å². The maximum absolute atomic E-state index is 10.8. The average Bonchev–Trinajstić information content (AvgIpc) is 2.04. The standard InChI is InChI=1S/C8H6NO2/c10-8-5-11-7-4-2-1-3-6(7)9-8/h1-2,4H,5H2,(H,9,10). The highest BCUT2D eigenvalue weighted by molar-refractivity contribution is 5.95. The third-order valence-corrected chi connectivity index (χ3v) is 1.44. The lowest BCUT2D eigenvalue weighted by molar-refractivity contribution is -0.118. The lowest BCUT2D eigenvalue weighted by atomic mass is 10.2. The van der Waals surface area contributed by atoms with Crippen molar-refractivity contribution in [3.05, 3.63) is 24.3 Å². The summed E-state index contributed by atoms with van der Waals surface area (Å²) >= 11 is 0. The van der Waals surface area contributed by atoms with Crippen LogP contribution >= 0.6 is 0 Å². The number of para-hydroxylation sites is 1. The van der Waals surface area contributed by atoms with Gasteiger partial charge < -0.3 is 10.1 Å². The Morgan fingerprint density at radius 3 is 3.45 bits per heavy atom. The minimum absolute atomic E-state index is 0.102. The molecule has 1 aliphatic rings. The summed E-state index contributed by atoms with van der Waals surface area (Å²) in [5.74, 6) is 0.562. The maximum Gasteiger partial charge on any atom is 0.262 e. The van der Waals surface area contributed by atoms with E-state index in [2.05, 4.69) is 11.4 Å². The lowest BCUT2D eigenvalue weighted by Crippen LogP contribution is -2.25. The lowest BCUT2D eigenvalue weighted by Gasteiger charge is -2.16. The van der Waals surface area contributed by atoms with E-state index in [1.165, 1.54) is 0 Å². The van der Waals surface area contributed by atoms with Crippen LogP contribution in [0.25, 0.3) is 0 Å². The fourth-order valence-electron chi connectivity index (χ4n) is 0.958. The number of benzene rings is 1. The van der Waals surface area contributed by atoms with Crippen molar-refractivity contribution < 1.29 is 9.53 Å². The highest BCUT2D eigenvalue weighted by Gasteiger charge is 2.13. The predicted molar refractivity (Wildman–Crippen MR) is 39.4 cm³/mol. The third kappa shape index (κ3) is 1.05. The second kappa shape index (κ2) is 2.27. The first-order valence-electron chi connectivity index (χ1n) is 3.29. The zero-order chi connectivity index (χ0) is 7.68. The van der Waals surface area contributed by atoms with Gasteiger partial charge in [-0.25, -0.2) is 0 Å². The molecule has 0 bridgehead atoms. The van der Waals surface area contributed by atoms with Gasteiger partial charge in [-0.15, -0.1) is 0 Å². The van der Waals surface area contributed by atoms with Crippen molar-refractivity contribution in [3.63, 3.8) is 0 Å².